The molecule has 11 heteroatoms. The third-order valence-electron chi connectivity index (χ3n) is 6.07. The van der Waals surface area contributed by atoms with Crippen LogP contribution < -0.4 is 15.0 Å². The number of aryl methyl sites for hydroxylation is 2. The lowest BCUT2D eigenvalue weighted by molar-refractivity contribution is 0.297. The highest BCUT2D eigenvalue weighted by atomic mass is 32.2. The largest absolute Gasteiger partial charge is 0.493 e. The van der Waals surface area contributed by atoms with E-state index in [1.54, 1.807) is 0 Å². The van der Waals surface area contributed by atoms with Crippen LogP contribution in [0.15, 0.2) is 27.9 Å². The van der Waals surface area contributed by atoms with Crippen LogP contribution in [-0.2, 0) is 23.4 Å². The maximum absolute atomic E-state index is 13.4. The molecule has 2 aromatic heterocycles. The molecule has 196 valence electrons. The second-order valence-corrected chi connectivity index (χ2v) is 10.5. The number of H-pyrrole nitrogens is 1. The number of fused-ring (bicyclic) bond motifs is 1. The number of rotatable bonds is 11. The smallest absolute Gasteiger partial charge is 0.277 e. The molecule has 1 aromatic carbocycles. The molecular weight excluding hydrogens is 480 g/mol. The number of nitrogens with one attached hydrogen (secondary N) is 2. The molecule has 1 aliphatic rings. The molecule has 2 N–H and O–H groups in total. The first kappa shape index (κ1) is 18.5. The number of aromatic amines is 1. The summed E-state index contributed by atoms with van der Waals surface area (Å²) in [7, 11) is -4.27. The molecule has 0 bridgehead atoms. The maximum Gasteiger partial charge on any atom is 0.277 e. The van der Waals surface area contributed by atoms with Crippen molar-refractivity contribution in [2.75, 3.05) is 26.6 Å². The van der Waals surface area contributed by atoms with Crippen LogP contribution in [0.2, 0.25) is 0 Å². The lowest BCUT2D eigenvalue weighted by Crippen LogP contribution is -2.31. The number of aromatic nitrogens is 4. The minimum atomic E-state index is -4.27. The van der Waals surface area contributed by atoms with Gasteiger partial charge < -0.3 is 14.6 Å². The van der Waals surface area contributed by atoms with Crippen LogP contribution in [0.1, 0.15) is 61.2 Å². The molecule has 1 fully saturated rings. The molecule has 3 heterocycles. The Labute approximate surface area is 222 Å². The van der Waals surface area contributed by atoms with Gasteiger partial charge >= 0.3 is 0 Å². The van der Waals surface area contributed by atoms with E-state index in [1.807, 2.05) is 13.8 Å². The molecule has 2 unspecified atom stereocenters. The van der Waals surface area contributed by atoms with Crippen LogP contribution in [0.25, 0.3) is 22.4 Å². The highest BCUT2D eigenvalue weighted by Crippen LogP contribution is 2.31. The van der Waals surface area contributed by atoms with Gasteiger partial charge in [-0.15, -0.1) is 0 Å². The Morgan fingerprint density at radius 1 is 1.31 bits per heavy atom. The summed E-state index contributed by atoms with van der Waals surface area (Å²) in [4.78, 5) is 21.4. The molecule has 36 heavy (non-hydrogen) atoms. The molecule has 3 aromatic rings. The Morgan fingerprint density at radius 3 is 2.92 bits per heavy atom. The van der Waals surface area contributed by atoms with E-state index >= 15 is 0 Å². The topological polar surface area (TPSA) is 122 Å². The Hall–Kier alpha value is -2.76. The second kappa shape index (κ2) is 11.1. The van der Waals surface area contributed by atoms with Crippen LogP contribution in [0.3, 0.4) is 0 Å². The summed E-state index contributed by atoms with van der Waals surface area (Å²) in [5, 5.41) is 4.14. The van der Waals surface area contributed by atoms with Crippen LogP contribution in [0.5, 0.6) is 5.75 Å². The Bertz CT molecular complexity index is 1620. The van der Waals surface area contributed by atoms with Crippen LogP contribution in [-0.4, -0.2) is 65.8 Å². The fourth-order valence-electron chi connectivity index (χ4n) is 4.26. The molecule has 1 aliphatic heterocycles. The first-order valence-corrected chi connectivity index (χ1v) is 13.6. The van der Waals surface area contributed by atoms with Gasteiger partial charge in [0, 0.05) is 29.1 Å². The number of nitrogens with zero attached hydrogens (tertiary/aromatic N) is 4. The van der Waals surface area contributed by atoms with E-state index in [9.17, 15) is 13.2 Å². The van der Waals surface area contributed by atoms with E-state index in [2.05, 4.69) is 19.8 Å². The normalized spacial score (nSPS) is 21.2. The Morgan fingerprint density at radius 2 is 2.17 bits per heavy atom. The van der Waals surface area contributed by atoms with Gasteiger partial charge in [0.2, 0.25) is 10.0 Å². The predicted octanol–water partition coefficient (Wildman–Crippen LogP) is 2.83. The van der Waals surface area contributed by atoms with E-state index in [0.717, 1.165) is 0 Å². The highest BCUT2D eigenvalue weighted by Gasteiger charge is 2.23. The van der Waals surface area contributed by atoms with Crippen LogP contribution in [0.4, 0.5) is 0 Å². The fraction of sp³-hybridized carbons (Fsp3) is 0.560. The number of likely N-dealkylation sites (tertiary alicyclic amines) is 1. The summed E-state index contributed by atoms with van der Waals surface area (Å²) in [6, 6.07) is 3.53. The fourth-order valence-corrected chi connectivity index (χ4v) is 5.23. The summed E-state index contributed by atoms with van der Waals surface area (Å²) in [6.07, 6.45) is 2.79. The van der Waals surface area contributed by atoms with Crippen molar-refractivity contribution in [2.24, 2.45) is 6.98 Å². The Kier molecular flexibility index (Phi) is 5.70. The average Bonchev–Trinajstić information content (AvgIpc) is 3.52. The zero-order chi connectivity index (χ0) is 31.7. The molecule has 2 atom stereocenters. The van der Waals surface area contributed by atoms with Gasteiger partial charge in [-0.1, -0.05) is 20.3 Å². The number of ether oxygens (including phenoxy) is 1. The standard InChI is InChI=1S/C25H36N6O4S/c1-5-8-20-22-23(31(4)29-20)25(32)28-24(27-22)19-16-18(10-11-21(19)35-15-6-2)36(33,34)26-13-12-17-9-7-14-30(17)3/h10-11,16-17,26H,5-9,12-15H2,1-4H3,(H,27,28,32)/i3D3,4D3,13D. The zero-order valence-electron chi connectivity index (χ0n) is 27.4. The van der Waals surface area contributed by atoms with E-state index in [0.29, 0.717) is 49.0 Å². The molecule has 4 rings (SSSR count). The molecule has 10 nitrogen and oxygen atoms in total. The molecule has 0 spiro atoms. The molecule has 0 radical (unpaired) electrons. The molecule has 0 saturated carbocycles. The number of sulfonamides is 1. The predicted molar refractivity (Wildman–Crippen MR) is 140 cm³/mol. The van der Waals surface area contributed by atoms with Crippen molar-refractivity contribution in [3.05, 3.63) is 34.2 Å². The van der Waals surface area contributed by atoms with E-state index in [4.69, 9.17) is 14.3 Å². The monoisotopic (exact) mass is 523 g/mol. The van der Waals surface area contributed by atoms with Crippen LogP contribution >= 0.6 is 0 Å². The molecule has 0 amide bonds. The first-order chi connectivity index (χ1) is 20.1. The van der Waals surface area contributed by atoms with Gasteiger partial charge in [0.15, 0.2) is 5.52 Å². The van der Waals surface area contributed by atoms with Gasteiger partial charge in [0.05, 0.1) is 22.8 Å². The highest BCUT2D eigenvalue weighted by molar-refractivity contribution is 7.89. The van der Waals surface area contributed by atoms with E-state index < -0.39 is 42.1 Å². The lowest BCUT2D eigenvalue weighted by Gasteiger charge is -2.19. The number of hydrogen-bond acceptors (Lipinski definition) is 7. The van der Waals surface area contributed by atoms with Crippen molar-refractivity contribution >= 4 is 21.1 Å². The van der Waals surface area contributed by atoms with Crippen molar-refractivity contribution < 1.29 is 22.7 Å². The van der Waals surface area contributed by atoms with Gasteiger partial charge in [-0.3, -0.25) is 9.48 Å². The average molecular weight is 524 g/mol. The SMILES string of the molecule is [2H]C(CC1CCCN1C([2H])([2H])[2H])NS(=O)(=O)c1ccc(OCCC)c(-c2nc3c(CCC)nn(C([2H])([2H])[2H])c3c(=O)[nH]2)c1. The zero-order valence-corrected chi connectivity index (χ0v) is 21.2. The van der Waals surface area contributed by atoms with Gasteiger partial charge in [0.25, 0.3) is 5.56 Å². The third-order valence-corrected chi connectivity index (χ3v) is 7.42. The summed E-state index contributed by atoms with van der Waals surface area (Å²) < 4.78 is 90.5. The van der Waals surface area contributed by atoms with Crippen molar-refractivity contribution in [3.63, 3.8) is 0 Å². The van der Waals surface area contributed by atoms with Crippen molar-refractivity contribution in [2.45, 2.75) is 63.3 Å². The molecular formula is C25H36N6O4S. The lowest BCUT2D eigenvalue weighted by atomic mass is 10.1. The Balaban J connectivity index is 1.74. The number of benzene rings is 1. The summed E-state index contributed by atoms with van der Waals surface area (Å²) in [5.41, 5.74) is -0.432. The van der Waals surface area contributed by atoms with Gasteiger partial charge in [-0.05, 0) is 63.8 Å². The number of hydrogen-bond donors (Lipinski definition) is 2. The van der Waals surface area contributed by atoms with Gasteiger partial charge in [-0.2, -0.15) is 5.10 Å². The molecule has 0 aliphatic carbocycles. The van der Waals surface area contributed by atoms with E-state index in [-0.39, 0.29) is 46.1 Å². The second-order valence-electron chi connectivity index (χ2n) is 8.78. The summed E-state index contributed by atoms with van der Waals surface area (Å²) >= 11 is 0. The summed E-state index contributed by atoms with van der Waals surface area (Å²) in [5.74, 6) is 0.204. The third kappa shape index (κ3) is 5.47. The minimum Gasteiger partial charge on any atom is -0.493 e. The van der Waals surface area contributed by atoms with Gasteiger partial charge in [0.1, 0.15) is 17.1 Å². The summed E-state index contributed by atoms with van der Waals surface area (Å²) in [6.45, 7) is -1.96. The van der Waals surface area contributed by atoms with Crippen molar-refractivity contribution in [1.82, 2.24) is 29.4 Å². The minimum absolute atomic E-state index is 0.0125. The van der Waals surface area contributed by atoms with Crippen molar-refractivity contribution in [1.29, 1.82) is 0 Å². The molecule has 1 saturated heterocycles. The first-order valence-electron chi connectivity index (χ1n) is 15.7. The van der Waals surface area contributed by atoms with E-state index in [1.165, 1.54) is 23.1 Å². The maximum atomic E-state index is 13.4. The van der Waals surface area contributed by atoms with Crippen LogP contribution in [0, 0.1) is 0 Å². The van der Waals surface area contributed by atoms with Gasteiger partial charge in [-0.25, -0.2) is 18.1 Å². The van der Waals surface area contributed by atoms with Crippen molar-refractivity contribution in [3.8, 4) is 17.1 Å². The quantitative estimate of drug-likeness (QED) is 0.396.